The molecule has 0 aliphatic heterocycles. The van der Waals surface area contributed by atoms with Crippen molar-refractivity contribution in [3.05, 3.63) is 71.8 Å². The molecule has 0 spiro atoms. The van der Waals surface area contributed by atoms with E-state index in [2.05, 4.69) is 21.8 Å². The summed E-state index contributed by atoms with van der Waals surface area (Å²) in [5, 5.41) is 8.83. The highest BCUT2D eigenvalue weighted by molar-refractivity contribution is 6.02. The summed E-state index contributed by atoms with van der Waals surface area (Å²) >= 11 is 0. The number of terminal acetylenes is 1. The Morgan fingerprint density at radius 1 is 1.03 bits per heavy atom. The van der Waals surface area contributed by atoms with Gasteiger partial charge in [-0.2, -0.15) is 5.10 Å². The Kier molecular flexibility index (Phi) is 9.47. The molecule has 2 amide bonds. The van der Waals surface area contributed by atoms with Gasteiger partial charge in [-0.05, 0) is 47.7 Å². The van der Waals surface area contributed by atoms with E-state index in [9.17, 15) is 9.59 Å². The molecular weight excluding hydrogens is 454 g/mol. The van der Waals surface area contributed by atoms with Crippen molar-refractivity contribution in [3.63, 3.8) is 0 Å². The lowest BCUT2D eigenvalue weighted by Crippen LogP contribution is -2.47. The van der Waals surface area contributed by atoms with Crippen LogP contribution in [-0.2, 0) is 9.59 Å². The van der Waals surface area contributed by atoms with E-state index in [1.807, 2.05) is 75.4 Å². The minimum atomic E-state index is -0.764. The van der Waals surface area contributed by atoms with Gasteiger partial charge in [-0.3, -0.25) is 9.59 Å². The highest BCUT2D eigenvalue weighted by atomic mass is 16.5. The van der Waals surface area contributed by atoms with Crippen molar-refractivity contribution in [1.29, 1.82) is 0 Å². The average Bonchev–Trinajstić information content (AvgIpc) is 2.86. The SMILES string of the molecule is C#CCOc1ccc2ccccc2c1/C=N\NC(=O)[C@H](CC(C)C)NC(=O)COc1ccccc1C. The van der Waals surface area contributed by atoms with Crippen LogP contribution in [0.15, 0.2) is 65.8 Å². The second-order valence-corrected chi connectivity index (χ2v) is 8.73. The average molecular weight is 486 g/mol. The Labute approximate surface area is 211 Å². The van der Waals surface area contributed by atoms with Gasteiger partial charge < -0.3 is 14.8 Å². The number of aryl methyl sites for hydroxylation is 1. The van der Waals surface area contributed by atoms with Crippen molar-refractivity contribution in [3.8, 4) is 23.8 Å². The number of benzene rings is 3. The van der Waals surface area contributed by atoms with Crippen LogP contribution >= 0.6 is 0 Å². The third kappa shape index (κ3) is 7.34. The van der Waals surface area contributed by atoms with Crippen molar-refractivity contribution in [2.24, 2.45) is 11.0 Å². The minimum Gasteiger partial charge on any atom is -0.484 e. The van der Waals surface area contributed by atoms with E-state index in [4.69, 9.17) is 15.9 Å². The molecule has 0 unspecified atom stereocenters. The number of hydrogen-bond acceptors (Lipinski definition) is 5. The summed E-state index contributed by atoms with van der Waals surface area (Å²) < 4.78 is 11.3. The van der Waals surface area contributed by atoms with E-state index in [-0.39, 0.29) is 25.0 Å². The second-order valence-electron chi connectivity index (χ2n) is 8.73. The summed E-state index contributed by atoms with van der Waals surface area (Å²) in [4.78, 5) is 25.4. The number of nitrogens with one attached hydrogen (secondary N) is 2. The molecule has 0 aromatic heterocycles. The molecule has 7 nitrogen and oxygen atoms in total. The van der Waals surface area contributed by atoms with E-state index in [0.717, 1.165) is 16.3 Å². The zero-order chi connectivity index (χ0) is 25.9. The van der Waals surface area contributed by atoms with Gasteiger partial charge in [-0.25, -0.2) is 5.43 Å². The first-order chi connectivity index (χ1) is 17.4. The Morgan fingerprint density at radius 3 is 2.53 bits per heavy atom. The minimum absolute atomic E-state index is 0.110. The molecule has 0 aliphatic rings. The summed E-state index contributed by atoms with van der Waals surface area (Å²) in [6.07, 6.45) is 7.32. The summed E-state index contributed by atoms with van der Waals surface area (Å²) in [5.41, 5.74) is 4.17. The first-order valence-corrected chi connectivity index (χ1v) is 11.8. The number of ether oxygens (including phenoxy) is 2. The van der Waals surface area contributed by atoms with E-state index < -0.39 is 11.9 Å². The molecule has 0 saturated heterocycles. The zero-order valence-electron chi connectivity index (χ0n) is 20.8. The first-order valence-electron chi connectivity index (χ1n) is 11.8. The van der Waals surface area contributed by atoms with Crippen molar-refractivity contribution < 1.29 is 19.1 Å². The van der Waals surface area contributed by atoms with Gasteiger partial charge in [0.15, 0.2) is 6.61 Å². The largest absolute Gasteiger partial charge is 0.484 e. The first kappa shape index (κ1) is 26.3. The number of rotatable bonds is 11. The van der Waals surface area contributed by atoms with E-state index >= 15 is 0 Å². The predicted octanol–water partition coefficient (Wildman–Crippen LogP) is 4.22. The highest BCUT2D eigenvalue weighted by Gasteiger charge is 2.22. The molecule has 186 valence electrons. The van der Waals surface area contributed by atoms with Crippen LogP contribution in [-0.4, -0.2) is 37.3 Å². The maximum atomic E-state index is 12.9. The van der Waals surface area contributed by atoms with Crippen LogP contribution in [0.5, 0.6) is 11.5 Å². The van der Waals surface area contributed by atoms with Crippen molar-refractivity contribution >= 4 is 28.8 Å². The molecule has 2 N–H and O–H groups in total. The number of hydrazone groups is 1. The maximum Gasteiger partial charge on any atom is 0.262 e. The van der Waals surface area contributed by atoms with E-state index in [1.165, 1.54) is 6.21 Å². The fraction of sp³-hybridized carbons (Fsp3) is 0.276. The third-order valence-corrected chi connectivity index (χ3v) is 5.42. The molecule has 0 bridgehead atoms. The molecule has 36 heavy (non-hydrogen) atoms. The summed E-state index contributed by atoms with van der Waals surface area (Å²) in [7, 11) is 0. The Bertz CT molecular complexity index is 1280. The van der Waals surface area contributed by atoms with Crippen LogP contribution in [0.25, 0.3) is 10.8 Å². The quantitative estimate of drug-likeness (QED) is 0.242. The lowest BCUT2D eigenvalue weighted by Gasteiger charge is -2.19. The number of carbonyl (C=O) groups excluding carboxylic acids is 2. The van der Waals surface area contributed by atoms with Gasteiger partial charge in [0, 0.05) is 5.56 Å². The number of para-hydroxylation sites is 1. The lowest BCUT2D eigenvalue weighted by molar-refractivity contribution is -0.130. The summed E-state index contributed by atoms with van der Waals surface area (Å²) in [5.74, 6) is 3.00. The molecule has 3 aromatic rings. The number of amides is 2. The molecule has 0 aliphatic carbocycles. The number of hydrogen-bond donors (Lipinski definition) is 2. The van der Waals surface area contributed by atoms with Crippen LogP contribution in [0.4, 0.5) is 0 Å². The third-order valence-electron chi connectivity index (χ3n) is 5.42. The van der Waals surface area contributed by atoms with Gasteiger partial charge in [0.1, 0.15) is 24.1 Å². The van der Waals surface area contributed by atoms with Crippen LogP contribution in [0.2, 0.25) is 0 Å². The van der Waals surface area contributed by atoms with Crippen LogP contribution < -0.4 is 20.2 Å². The number of nitrogens with zero attached hydrogens (tertiary/aromatic N) is 1. The van der Waals surface area contributed by atoms with Gasteiger partial charge in [-0.15, -0.1) is 6.42 Å². The smallest absolute Gasteiger partial charge is 0.262 e. The fourth-order valence-corrected chi connectivity index (χ4v) is 3.69. The molecule has 3 aromatic carbocycles. The second kappa shape index (κ2) is 13.0. The normalized spacial score (nSPS) is 11.8. The van der Waals surface area contributed by atoms with Gasteiger partial charge >= 0.3 is 0 Å². The Morgan fingerprint density at radius 2 is 1.78 bits per heavy atom. The zero-order valence-corrected chi connectivity index (χ0v) is 20.8. The topological polar surface area (TPSA) is 89.0 Å². The van der Waals surface area contributed by atoms with Gasteiger partial charge in [0.25, 0.3) is 11.8 Å². The van der Waals surface area contributed by atoms with Crippen molar-refractivity contribution in [1.82, 2.24) is 10.7 Å². The van der Waals surface area contributed by atoms with Crippen LogP contribution in [0.3, 0.4) is 0 Å². The fourth-order valence-electron chi connectivity index (χ4n) is 3.69. The standard InChI is InChI=1S/C29H31N3O4/c1-5-16-35-27-15-14-22-11-7-8-12-23(22)24(27)18-30-32-29(34)25(17-20(2)3)31-28(33)19-36-26-13-9-6-10-21(26)4/h1,6-15,18,20,25H,16-17,19H2,2-4H3,(H,31,33)(H,32,34)/b30-18-/t25-/m0/s1. The molecular formula is C29H31N3O4. The molecule has 0 saturated carbocycles. The maximum absolute atomic E-state index is 12.9. The Balaban J connectivity index is 1.69. The van der Waals surface area contributed by atoms with Crippen LogP contribution in [0, 0.1) is 25.2 Å². The van der Waals surface area contributed by atoms with Gasteiger partial charge in [0.2, 0.25) is 0 Å². The molecule has 0 radical (unpaired) electrons. The number of fused-ring (bicyclic) bond motifs is 1. The van der Waals surface area contributed by atoms with E-state index in [0.29, 0.717) is 23.5 Å². The number of carbonyl (C=O) groups is 2. The highest BCUT2D eigenvalue weighted by Crippen LogP contribution is 2.26. The van der Waals surface area contributed by atoms with Gasteiger partial charge in [0.05, 0.1) is 6.21 Å². The molecule has 1 atom stereocenters. The Hall–Kier alpha value is -4.31. The van der Waals surface area contributed by atoms with Crippen LogP contribution in [0.1, 0.15) is 31.4 Å². The monoisotopic (exact) mass is 485 g/mol. The predicted molar refractivity (Wildman–Crippen MR) is 142 cm³/mol. The molecule has 0 fully saturated rings. The molecule has 0 heterocycles. The van der Waals surface area contributed by atoms with Crippen molar-refractivity contribution in [2.75, 3.05) is 13.2 Å². The summed E-state index contributed by atoms with van der Waals surface area (Å²) in [6.45, 7) is 5.77. The molecule has 3 rings (SSSR count). The molecule has 7 heteroatoms. The van der Waals surface area contributed by atoms with E-state index in [1.54, 1.807) is 6.07 Å². The van der Waals surface area contributed by atoms with Crippen molar-refractivity contribution in [2.45, 2.75) is 33.2 Å². The summed E-state index contributed by atoms with van der Waals surface area (Å²) in [6, 6.07) is 18.2. The van der Waals surface area contributed by atoms with Gasteiger partial charge in [-0.1, -0.05) is 68.3 Å². The lowest BCUT2D eigenvalue weighted by atomic mass is 10.0.